The molecule has 1 aromatic rings. The van der Waals surface area contributed by atoms with Crippen molar-refractivity contribution < 1.29 is 19.0 Å². The summed E-state index contributed by atoms with van der Waals surface area (Å²) in [4.78, 5) is 42.6. The number of benzene rings is 1. The molecule has 9 heteroatoms. The monoisotopic (exact) mass is 391 g/mol. The van der Waals surface area contributed by atoms with Gasteiger partial charge in [-0.2, -0.15) is 9.48 Å². The number of nitrogens with zero attached hydrogens (tertiary/aromatic N) is 3. The van der Waals surface area contributed by atoms with Gasteiger partial charge in [0.2, 0.25) is 5.91 Å². The standard InChI is InChI=1S/C17H15ClN4O3S/c1-21-15-14(16(24)22(2)17(21)25)12(7-8-19-15)26-9-13(23)20-11-5-3-10(18)4-6-11/h3-8,14H,9H2,1-2H3/p+1. The molecular formula is C17H16ClN4O3S+. The van der Waals surface area contributed by atoms with Crippen molar-refractivity contribution >= 4 is 58.9 Å². The van der Waals surface area contributed by atoms with Crippen molar-refractivity contribution in [3.8, 4) is 0 Å². The molecule has 2 aliphatic heterocycles. The molecule has 4 amide bonds. The summed E-state index contributed by atoms with van der Waals surface area (Å²) in [5, 5.41) is 3.36. The lowest BCUT2D eigenvalue weighted by atomic mass is 10.0. The number of allylic oxidation sites excluding steroid dienone is 1. The molecule has 0 saturated heterocycles. The van der Waals surface area contributed by atoms with Gasteiger partial charge >= 0.3 is 11.9 Å². The second kappa shape index (κ2) is 7.43. The zero-order chi connectivity index (χ0) is 18.8. The van der Waals surface area contributed by atoms with E-state index >= 15 is 0 Å². The molecule has 0 bridgehead atoms. The van der Waals surface area contributed by atoms with Crippen LogP contribution in [0, 0.1) is 5.92 Å². The molecule has 0 saturated carbocycles. The first-order valence-corrected chi connectivity index (χ1v) is 9.09. The highest BCUT2D eigenvalue weighted by Crippen LogP contribution is 2.31. The molecule has 2 aliphatic rings. The smallest absolute Gasteiger partial charge is 0.325 e. The molecular weight excluding hydrogens is 376 g/mol. The molecule has 0 aliphatic carbocycles. The number of rotatable bonds is 4. The third kappa shape index (κ3) is 3.56. The summed E-state index contributed by atoms with van der Waals surface area (Å²) in [6.45, 7) is 0. The van der Waals surface area contributed by atoms with Gasteiger partial charge in [0.15, 0.2) is 5.92 Å². The molecule has 1 aromatic carbocycles. The van der Waals surface area contributed by atoms with E-state index in [2.05, 4.69) is 10.3 Å². The molecule has 1 atom stereocenters. The van der Waals surface area contributed by atoms with Crippen molar-refractivity contribution in [2.75, 3.05) is 25.2 Å². The summed E-state index contributed by atoms with van der Waals surface area (Å²) in [6, 6.07) is 6.38. The van der Waals surface area contributed by atoms with Gasteiger partial charge in [-0.1, -0.05) is 11.6 Å². The first-order valence-electron chi connectivity index (χ1n) is 7.73. The first-order chi connectivity index (χ1) is 12.4. The Morgan fingerprint density at radius 1 is 1.35 bits per heavy atom. The molecule has 3 rings (SSSR count). The Balaban J connectivity index is 1.70. The minimum Gasteiger partial charge on any atom is -0.325 e. The van der Waals surface area contributed by atoms with Crippen LogP contribution in [0.5, 0.6) is 0 Å². The second-order valence-corrected chi connectivity index (χ2v) is 7.21. The van der Waals surface area contributed by atoms with Gasteiger partial charge in [0.05, 0.1) is 19.8 Å². The van der Waals surface area contributed by atoms with Crippen LogP contribution >= 0.6 is 23.4 Å². The number of anilines is 1. The van der Waals surface area contributed by atoms with E-state index in [1.165, 1.54) is 29.6 Å². The van der Waals surface area contributed by atoms with Crippen molar-refractivity contribution in [1.29, 1.82) is 0 Å². The second-order valence-electron chi connectivity index (χ2n) is 5.72. The number of amides is 4. The minimum atomic E-state index is -0.666. The van der Waals surface area contributed by atoms with Crippen molar-refractivity contribution in [2.45, 2.75) is 0 Å². The molecule has 0 radical (unpaired) electrons. The predicted octanol–water partition coefficient (Wildman–Crippen LogP) is 2.23. The lowest BCUT2D eigenvalue weighted by molar-refractivity contribution is -0.407. The highest BCUT2D eigenvalue weighted by atomic mass is 35.5. The van der Waals surface area contributed by atoms with Crippen LogP contribution in [0.3, 0.4) is 0 Å². The van der Waals surface area contributed by atoms with Crippen LogP contribution in [-0.2, 0) is 9.59 Å². The Kier molecular flexibility index (Phi) is 5.24. The zero-order valence-electron chi connectivity index (χ0n) is 14.1. The third-order valence-corrected chi connectivity index (χ3v) is 5.34. The Hall–Kier alpha value is -2.45. The van der Waals surface area contributed by atoms with Gasteiger partial charge < -0.3 is 5.32 Å². The van der Waals surface area contributed by atoms with Gasteiger partial charge in [-0.25, -0.2) is 4.79 Å². The molecule has 1 unspecified atom stereocenters. The summed E-state index contributed by atoms with van der Waals surface area (Å²) in [6.07, 6.45) is 3.23. The highest BCUT2D eigenvalue weighted by molar-refractivity contribution is 8.03. The van der Waals surface area contributed by atoms with Crippen LogP contribution in [0.15, 0.2) is 40.2 Å². The highest BCUT2D eigenvalue weighted by Gasteiger charge is 2.47. The average Bonchev–Trinajstić information content (AvgIpc) is 2.64. The van der Waals surface area contributed by atoms with Gasteiger partial charge in [0.25, 0.3) is 5.84 Å². The van der Waals surface area contributed by atoms with Gasteiger partial charge in [-0.3, -0.25) is 9.59 Å². The van der Waals surface area contributed by atoms with Crippen LogP contribution < -0.4 is 5.32 Å². The van der Waals surface area contributed by atoms with Crippen LogP contribution in [0.2, 0.25) is 5.02 Å². The number of urea groups is 1. The first kappa shape index (κ1) is 18.3. The fraction of sp³-hybridized carbons (Fsp3) is 0.235. The Morgan fingerprint density at radius 3 is 2.73 bits per heavy atom. The van der Waals surface area contributed by atoms with E-state index in [0.717, 1.165) is 4.90 Å². The van der Waals surface area contributed by atoms with Gasteiger partial charge in [0.1, 0.15) is 6.21 Å². The van der Waals surface area contributed by atoms with Crippen LogP contribution in [0.4, 0.5) is 10.5 Å². The van der Waals surface area contributed by atoms with E-state index in [9.17, 15) is 14.4 Å². The van der Waals surface area contributed by atoms with Crippen molar-refractivity contribution in [3.63, 3.8) is 0 Å². The Labute approximate surface area is 159 Å². The van der Waals surface area contributed by atoms with Crippen LogP contribution in [-0.4, -0.2) is 59.2 Å². The molecule has 1 N–H and O–H groups in total. The molecule has 7 nitrogen and oxygen atoms in total. The fourth-order valence-electron chi connectivity index (χ4n) is 2.62. The van der Waals surface area contributed by atoms with E-state index < -0.39 is 11.9 Å². The molecule has 134 valence electrons. The lowest BCUT2D eigenvalue weighted by Crippen LogP contribution is -2.52. The number of thioether (sulfide) groups is 1. The maximum Gasteiger partial charge on any atom is 0.445 e. The molecule has 0 aromatic heterocycles. The number of aliphatic imine (C=N–C) groups is 1. The number of halogens is 1. The molecule has 2 heterocycles. The number of amidine groups is 1. The number of carbonyl (C=O) groups is 3. The number of dihydropyridines is 1. The maximum absolute atomic E-state index is 12.5. The number of hydrogen-bond acceptors (Lipinski definition) is 5. The number of hydrogen-bond donors (Lipinski definition) is 1. The largest absolute Gasteiger partial charge is 0.445 e. The Morgan fingerprint density at radius 2 is 2.04 bits per heavy atom. The van der Waals surface area contributed by atoms with Crippen LogP contribution in [0.25, 0.3) is 0 Å². The normalized spacial score (nSPS) is 19.4. The van der Waals surface area contributed by atoms with E-state index in [1.807, 2.05) is 0 Å². The van der Waals surface area contributed by atoms with E-state index in [4.69, 9.17) is 11.6 Å². The molecule has 26 heavy (non-hydrogen) atoms. The van der Waals surface area contributed by atoms with Gasteiger partial charge in [-0.15, -0.1) is 16.8 Å². The molecule has 0 fully saturated rings. The van der Waals surface area contributed by atoms with Crippen LogP contribution in [0.1, 0.15) is 0 Å². The number of nitrogens with one attached hydrogen (secondary N) is 1. The lowest BCUT2D eigenvalue weighted by Gasteiger charge is -2.26. The fourth-order valence-corrected chi connectivity index (χ4v) is 3.64. The zero-order valence-corrected chi connectivity index (χ0v) is 15.7. The summed E-state index contributed by atoms with van der Waals surface area (Å²) in [5.41, 5.74) is 0.644. The average molecular weight is 392 g/mol. The quantitative estimate of drug-likeness (QED) is 0.798. The van der Waals surface area contributed by atoms with Crippen molar-refractivity contribution in [1.82, 2.24) is 4.90 Å². The topological polar surface area (TPSA) is 81.8 Å². The van der Waals surface area contributed by atoms with E-state index in [-0.39, 0.29) is 17.6 Å². The van der Waals surface area contributed by atoms with E-state index in [1.54, 1.807) is 37.4 Å². The van der Waals surface area contributed by atoms with Gasteiger partial charge in [0, 0.05) is 15.6 Å². The summed E-state index contributed by atoms with van der Waals surface area (Å²) in [5.74, 6) is -0.719. The van der Waals surface area contributed by atoms with Gasteiger partial charge in [-0.05, 0) is 30.3 Å². The predicted molar refractivity (Wildman–Crippen MR) is 102 cm³/mol. The SMILES string of the molecule is CN1C(=O)C2C(SCC(=O)Nc3ccc(Cl)cc3)=CC=NC2=[N+](C)C1=O. The third-order valence-electron chi connectivity index (χ3n) is 3.98. The number of fused-ring (bicyclic) bond motifs is 1. The maximum atomic E-state index is 12.5. The van der Waals surface area contributed by atoms with Crippen molar-refractivity contribution in [3.05, 3.63) is 40.3 Å². The number of carbonyl (C=O) groups excluding carboxylic acids is 3. The summed E-state index contributed by atoms with van der Waals surface area (Å²) >= 11 is 7.07. The van der Waals surface area contributed by atoms with Crippen molar-refractivity contribution in [2.24, 2.45) is 10.9 Å². The summed E-state index contributed by atoms with van der Waals surface area (Å²) < 4.78 is 1.35. The molecule has 0 spiro atoms. The number of imide groups is 1. The minimum absolute atomic E-state index is 0.126. The Bertz CT molecular complexity index is 876. The van der Waals surface area contributed by atoms with E-state index in [0.29, 0.717) is 21.5 Å². The summed E-state index contributed by atoms with van der Waals surface area (Å²) in [7, 11) is 3.01.